The minimum absolute atomic E-state index is 0.0683. The Balaban J connectivity index is 1.46. The van der Waals surface area contributed by atoms with Crippen LogP contribution in [0.5, 0.6) is 0 Å². The van der Waals surface area contributed by atoms with Crippen molar-refractivity contribution in [3.05, 3.63) is 0 Å². The highest BCUT2D eigenvalue weighted by Gasteiger charge is 2.72. The van der Waals surface area contributed by atoms with Crippen molar-refractivity contribution < 1.29 is 29.3 Å². The second kappa shape index (κ2) is 10.5. The Kier molecular flexibility index (Phi) is 8.03. The summed E-state index contributed by atoms with van der Waals surface area (Å²) in [5.41, 5.74) is -0.830. The maximum atomic E-state index is 14.1. The average Bonchev–Trinajstić information content (AvgIpc) is 3.31. The van der Waals surface area contributed by atoms with Gasteiger partial charge in [-0.15, -0.1) is 0 Å². The van der Waals surface area contributed by atoms with E-state index in [1.807, 2.05) is 0 Å². The first-order chi connectivity index (χ1) is 19.4. The highest BCUT2D eigenvalue weighted by Crippen LogP contribution is 2.77. The quantitative estimate of drug-likeness (QED) is 0.262. The average molecular weight is 589 g/mol. The number of ether oxygens (including phenoxy) is 2. The summed E-state index contributed by atoms with van der Waals surface area (Å²) in [5, 5.41) is 21.3. The van der Waals surface area contributed by atoms with Gasteiger partial charge in [-0.25, -0.2) is 0 Å². The number of fused-ring (bicyclic) bond motifs is 7. The van der Waals surface area contributed by atoms with E-state index in [0.29, 0.717) is 17.8 Å². The largest absolute Gasteiger partial charge is 0.427 e. The zero-order valence-electron chi connectivity index (χ0n) is 28.1. The summed E-state index contributed by atoms with van der Waals surface area (Å²) in [6, 6.07) is 0. The zero-order chi connectivity index (χ0) is 31.1. The van der Waals surface area contributed by atoms with Crippen LogP contribution < -0.4 is 0 Å². The van der Waals surface area contributed by atoms with E-state index in [1.54, 1.807) is 20.8 Å². The van der Waals surface area contributed by atoms with Gasteiger partial charge in [-0.3, -0.25) is 9.59 Å². The van der Waals surface area contributed by atoms with E-state index in [4.69, 9.17) is 9.47 Å². The molecule has 6 nitrogen and oxygen atoms in total. The Labute approximate surface area is 255 Å². The fourth-order valence-corrected chi connectivity index (χ4v) is 12.3. The van der Waals surface area contributed by atoms with Crippen LogP contribution in [0.4, 0.5) is 0 Å². The van der Waals surface area contributed by atoms with E-state index < -0.39 is 10.8 Å². The predicted molar refractivity (Wildman–Crippen MR) is 163 cm³/mol. The first kappa shape index (κ1) is 32.3. The van der Waals surface area contributed by atoms with Crippen LogP contribution in [0.25, 0.3) is 0 Å². The van der Waals surface area contributed by atoms with Gasteiger partial charge in [0.1, 0.15) is 0 Å². The zero-order valence-corrected chi connectivity index (χ0v) is 28.1. The molecule has 0 spiro atoms. The van der Waals surface area contributed by atoms with Crippen LogP contribution in [0.15, 0.2) is 0 Å². The van der Waals surface area contributed by atoms with E-state index in [9.17, 15) is 19.8 Å². The SMILES string of the molecule is CC(CO)[C@@H]1CC[C@]2(C(=O)OCOC(=O)C(C)(C)C)CC[C@]3(C)C(CCC4[C@@]5(C)CC[C@H](O)C(C)(C)C5CC[C@]43C)C12. The molecule has 5 aliphatic carbocycles. The normalized spacial score (nSPS) is 46.8. The maximum Gasteiger partial charge on any atom is 0.315 e. The molecule has 11 atom stereocenters. The summed E-state index contributed by atoms with van der Waals surface area (Å²) in [5.74, 6) is 1.52. The molecule has 5 unspecified atom stereocenters. The lowest BCUT2D eigenvalue weighted by Gasteiger charge is -2.72. The molecule has 0 saturated heterocycles. The molecule has 5 fully saturated rings. The molecular weight excluding hydrogens is 528 g/mol. The molecule has 0 bridgehead atoms. The monoisotopic (exact) mass is 588 g/mol. The molecule has 0 amide bonds. The van der Waals surface area contributed by atoms with Crippen molar-refractivity contribution >= 4 is 11.9 Å². The molecule has 5 saturated carbocycles. The molecule has 0 aromatic carbocycles. The number of rotatable bonds is 5. The second-order valence-corrected chi connectivity index (χ2v) is 17.8. The van der Waals surface area contributed by atoms with E-state index in [0.717, 1.165) is 51.4 Å². The number of aliphatic hydroxyl groups excluding tert-OH is 2. The minimum atomic E-state index is -0.649. The second-order valence-electron chi connectivity index (χ2n) is 17.8. The van der Waals surface area contributed by atoms with Crippen molar-refractivity contribution in [2.75, 3.05) is 13.4 Å². The Hall–Kier alpha value is -1.14. The predicted octanol–water partition coefficient (Wildman–Crippen LogP) is 7.15. The van der Waals surface area contributed by atoms with Crippen molar-refractivity contribution in [2.24, 2.45) is 68.0 Å². The molecule has 2 N–H and O–H groups in total. The van der Waals surface area contributed by atoms with E-state index in [-0.39, 0.29) is 70.9 Å². The van der Waals surface area contributed by atoms with Gasteiger partial charge in [0.25, 0.3) is 0 Å². The molecule has 240 valence electrons. The maximum absolute atomic E-state index is 14.1. The molecule has 6 heteroatoms. The van der Waals surface area contributed by atoms with E-state index >= 15 is 0 Å². The molecule has 5 aliphatic rings. The first-order valence-electron chi connectivity index (χ1n) is 17.0. The Morgan fingerprint density at radius 1 is 0.833 bits per heavy atom. The van der Waals surface area contributed by atoms with Crippen LogP contribution in [0.2, 0.25) is 0 Å². The van der Waals surface area contributed by atoms with Crippen LogP contribution in [-0.4, -0.2) is 41.7 Å². The fourth-order valence-electron chi connectivity index (χ4n) is 12.3. The summed E-state index contributed by atoms with van der Waals surface area (Å²) < 4.78 is 11.2. The fraction of sp³-hybridized carbons (Fsp3) is 0.944. The van der Waals surface area contributed by atoms with Crippen molar-refractivity contribution in [1.29, 1.82) is 0 Å². The van der Waals surface area contributed by atoms with Gasteiger partial charge in [-0.05, 0) is 142 Å². The lowest BCUT2D eigenvalue weighted by molar-refractivity contribution is -0.251. The number of hydrogen-bond donors (Lipinski definition) is 2. The first-order valence-corrected chi connectivity index (χ1v) is 17.0. The summed E-state index contributed by atoms with van der Waals surface area (Å²) >= 11 is 0. The van der Waals surface area contributed by atoms with Crippen molar-refractivity contribution in [2.45, 2.75) is 133 Å². The summed E-state index contributed by atoms with van der Waals surface area (Å²) in [6.07, 6.45) is 9.89. The number of esters is 2. The third kappa shape index (κ3) is 4.45. The lowest BCUT2D eigenvalue weighted by atomic mass is 9.32. The van der Waals surface area contributed by atoms with E-state index in [1.165, 1.54) is 12.8 Å². The number of carbonyl (C=O) groups excluding carboxylic acids is 2. The van der Waals surface area contributed by atoms with Crippen LogP contribution in [0.1, 0.15) is 127 Å². The van der Waals surface area contributed by atoms with Gasteiger partial charge in [-0.1, -0.05) is 41.5 Å². The number of carbonyl (C=O) groups is 2. The molecular formula is C36H60O6. The lowest BCUT2D eigenvalue weighted by Crippen LogP contribution is -2.67. The standard InChI is InChI=1S/C36H60O6/c1-22(20-37)23-12-17-36(30(40)42-21-41-29(39)31(2,3)4)19-18-34(8)24(28(23)36)10-11-26-33(7)15-14-27(38)32(5,6)25(33)13-16-35(26,34)9/h22-28,37-38H,10-21H2,1-9H3/t22?,23-,24?,25?,26?,27-,28?,33-,34+,35+,36-/m0/s1. The van der Waals surface area contributed by atoms with E-state index in [2.05, 4.69) is 41.5 Å². The molecule has 0 radical (unpaired) electrons. The van der Waals surface area contributed by atoms with Crippen molar-refractivity contribution in [3.63, 3.8) is 0 Å². The van der Waals surface area contributed by atoms with Gasteiger partial charge in [0.05, 0.1) is 16.9 Å². The van der Waals surface area contributed by atoms with Gasteiger partial charge < -0.3 is 19.7 Å². The molecule has 0 aromatic rings. The highest BCUT2D eigenvalue weighted by atomic mass is 16.7. The molecule has 42 heavy (non-hydrogen) atoms. The van der Waals surface area contributed by atoms with Crippen LogP contribution in [-0.2, 0) is 19.1 Å². The number of hydrogen-bond acceptors (Lipinski definition) is 6. The van der Waals surface area contributed by atoms with Gasteiger partial charge in [0, 0.05) is 6.61 Å². The van der Waals surface area contributed by atoms with Gasteiger partial charge >= 0.3 is 11.9 Å². The Morgan fingerprint density at radius 2 is 1.52 bits per heavy atom. The number of aliphatic hydroxyl groups is 2. The third-order valence-corrected chi connectivity index (χ3v) is 14.9. The molecule has 0 aliphatic heterocycles. The molecule has 0 aromatic heterocycles. The highest BCUT2D eigenvalue weighted by molar-refractivity contribution is 5.79. The Morgan fingerprint density at radius 3 is 2.17 bits per heavy atom. The third-order valence-electron chi connectivity index (χ3n) is 14.9. The Bertz CT molecular complexity index is 1060. The van der Waals surface area contributed by atoms with Crippen molar-refractivity contribution in [1.82, 2.24) is 0 Å². The summed E-state index contributed by atoms with van der Waals surface area (Å²) in [4.78, 5) is 26.4. The van der Waals surface area contributed by atoms with Crippen molar-refractivity contribution in [3.8, 4) is 0 Å². The van der Waals surface area contributed by atoms with Crippen LogP contribution in [0.3, 0.4) is 0 Å². The van der Waals surface area contributed by atoms with Gasteiger partial charge in [-0.2, -0.15) is 0 Å². The summed E-state index contributed by atoms with van der Waals surface area (Å²) in [6.45, 7) is 19.6. The van der Waals surface area contributed by atoms with Crippen LogP contribution >= 0.6 is 0 Å². The summed E-state index contributed by atoms with van der Waals surface area (Å²) in [7, 11) is 0. The minimum Gasteiger partial charge on any atom is -0.427 e. The van der Waals surface area contributed by atoms with Gasteiger partial charge in [0.2, 0.25) is 6.79 Å². The molecule has 0 heterocycles. The molecule has 5 rings (SSSR count). The smallest absolute Gasteiger partial charge is 0.315 e. The topological polar surface area (TPSA) is 93.1 Å². The van der Waals surface area contributed by atoms with Gasteiger partial charge in [0.15, 0.2) is 0 Å². The van der Waals surface area contributed by atoms with Crippen LogP contribution in [0, 0.1) is 68.0 Å².